The molecule has 5 rings (SSSR count). The molecule has 0 bridgehead atoms. The zero-order valence-electron chi connectivity index (χ0n) is 18.6. The van der Waals surface area contributed by atoms with Crippen molar-refractivity contribution >= 4 is 5.91 Å². The Kier molecular flexibility index (Phi) is 6.37. The summed E-state index contributed by atoms with van der Waals surface area (Å²) in [7, 11) is 0. The number of hydrogen-bond donors (Lipinski definition) is 1. The number of nitrogens with one attached hydrogen (secondary N) is 1. The number of fused-ring (bicyclic) bond motifs is 1. The summed E-state index contributed by atoms with van der Waals surface area (Å²) >= 11 is 0. The van der Waals surface area contributed by atoms with Crippen LogP contribution in [0.25, 0.3) is 16.9 Å². The van der Waals surface area contributed by atoms with Crippen LogP contribution >= 0.6 is 0 Å². The van der Waals surface area contributed by atoms with E-state index in [1.807, 2.05) is 12.1 Å². The Labute approximate surface area is 190 Å². The number of amides is 1. The van der Waals surface area contributed by atoms with Gasteiger partial charge in [-0.25, -0.2) is 0 Å². The van der Waals surface area contributed by atoms with Gasteiger partial charge in [0.2, 0.25) is 0 Å². The molecule has 1 aliphatic heterocycles. The molecule has 1 fully saturated rings. The molecule has 0 atom stereocenters. The summed E-state index contributed by atoms with van der Waals surface area (Å²) in [6.07, 6.45) is 4.74. The van der Waals surface area contributed by atoms with Crippen molar-refractivity contribution in [2.45, 2.75) is 25.7 Å². The monoisotopic (exact) mass is 429 g/mol. The normalized spacial score (nSPS) is 16.5. The van der Waals surface area contributed by atoms with Crippen molar-refractivity contribution in [2.24, 2.45) is 0 Å². The van der Waals surface area contributed by atoms with Crippen LogP contribution in [-0.2, 0) is 17.6 Å². The van der Waals surface area contributed by atoms with Gasteiger partial charge in [-0.15, -0.1) is 0 Å². The van der Waals surface area contributed by atoms with Crippen LogP contribution in [0.1, 0.15) is 34.5 Å². The maximum Gasteiger partial charge on any atom is 0.251 e. The molecule has 166 valence electrons. The number of rotatable bonds is 6. The maximum atomic E-state index is 12.6. The summed E-state index contributed by atoms with van der Waals surface area (Å²) in [5.74, 6) is -0.0115. The molecule has 1 saturated heterocycles. The van der Waals surface area contributed by atoms with E-state index in [1.165, 1.54) is 35.4 Å². The van der Waals surface area contributed by atoms with Crippen LogP contribution in [0.2, 0.25) is 0 Å². The standard InChI is InChI=1S/C27H31N3O2/c31-27(28-14-15-29-16-18-32-19-17-29)22-10-12-24(13-11-22)30-25-9-5-4-8-23(25)20-26(30)21-6-2-1-3-7-21/h1-3,6-7,10-13,20H,4-5,8-9,14-19H2,(H,28,31). The molecule has 2 heterocycles. The second kappa shape index (κ2) is 9.72. The summed E-state index contributed by atoms with van der Waals surface area (Å²) in [5.41, 5.74) is 7.17. The third-order valence-corrected chi connectivity index (χ3v) is 6.58. The van der Waals surface area contributed by atoms with Crippen LogP contribution in [0.3, 0.4) is 0 Å². The van der Waals surface area contributed by atoms with Gasteiger partial charge in [-0.3, -0.25) is 9.69 Å². The van der Waals surface area contributed by atoms with Crippen molar-refractivity contribution in [1.82, 2.24) is 14.8 Å². The number of hydrogen-bond acceptors (Lipinski definition) is 3. The van der Waals surface area contributed by atoms with Gasteiger partial charge >= 0.3 is 0 Å². The average molecular weight is 430 g/mol. The maximum absolute atomic E-state index is 12.6. The van der Waals surface area contributed by atoms with Gasteiger partial charge < -0.3 is 14.6 Å². The molecule has 32 heavy (non-hydrogen) atoms. The Hall–Kier alpha value is -2.89. The molecule has 0 unspecified atom stereocenters. The van der Waals surface area contributed by atoms with Gasteiger partial charge in [0.15, 0.2) is 0 Å². The van der Waals surface area contributed by atoms with Crippen molar-refractivity contribution in [2.75, 3.05) is 39.4 Å². The minimum absolute atomic E-state index is 0.0115. The first-order valence-electron chi connectivity index (χ1n) is 11.8. The van der Waals surface area contributed by atoms with Gasteiger partial charge in [0, 0.05) is 43.1 Å². The van der Waals surface area contributed by atoms with Gasteiger partial charge in [0.25, 0.3) is 5.91 Å². The summed E-state index contributed by atoms with van der Waals surface area (Å²) in [5, 5.41) is 3.06. The van der Waals surface area contributed by atoms with Crippen molar-refractivity contribution in [3.05, 3.63) is 77.5 Å². The molecule has 2 aromatic carbocycles. The van der Waals surface area contributed by atoms with Crippen molar-refractivity contribution in [3.63, 3.8) is 0 Å². The van der Waals surface area contributed by atoms with E-state index in [2.05, 4.69) is 63.3 Å². The number of benzene rings is 2. The first kappa shape index (κ1) is 21.0. The number of aromatic nitrogens is 1. The highest BCUT2D eigenvalue weighted by Gasteiger charge is 2.20. The van der Waals surface area contributed by atoms with Crippen LogP contribution in [0.4, 0.5) is 0 Å². The molecule has 3 aromatic rings. The number of morpholine rings is 1. The van der Waals surface area contributed by atoms with Crippen LogP contribution < -0.4 is 5.32 Å². The predicted molar refractivity (Wildman–Crippen MR) is 127 cm³/mol. The quantitative estimate of drug-likeness (QED) is 0.642. The van der Waals surface area contributed by atoms with Gasteiger partial charge in [-0.05, 0) is 67.1 Å². The Bertz CT molecular complexity index is 1050. The molecular weight excluding hydrogens is 398 g/mol. The van der Waals surface area contributed by atoms with Crippen LogP contribution in [-0.4, -0.2) is 54.8 Å². The Morgan fingerprint density at radius 2 is 1.69 bits per heavy atom. The summed E-state index contributed by atoms with van der Waals surface area (Å²) in [4.78, 5) is 15.0. The number of ether oxygens (including phenoxy) is 1. The van der Waals surface area contributed by atoms with Crippen LogP contribution in [0.15, 0.2) is 60.7 Å². The molecule has 0 spiro atoms. The lowest BCUT2D eigenvalue weighted by atomic mass is 9.98. The number of nitrogens with zero attached hydrogens (tertiary/aromatic N) is 2. The van der Waals surface area contributed by atoms with E-state index < -0.39 is 0 Å². The minimum atomic E-state index is -0.0115. The lowest BCUT2D eigenvalue weighted by Gasteiger charge is -2.26. The van der Waals surface area contributed by atoms with Crippen molar-refractivity contribution in [1.29, 1.82) is 0 Å². The summed E-state index contributed by atoms with van der Waals surface area (Å²) < 4.78 is 7.77. The first-order valence-corrected chi connectivity index (χ1v) is 11.8. The fourth-order valence-electron chi connectivity index (χ4n) is 4.83. The zero-order chi connectivity index (χ0) is 21.8. The smallest absolute Gasteiger partial charge is 0.251 e. The lowest BCUT2D eigenvalue weighted by molar-refractivity contribution is 0.0383. The van der Waals surface area contributed by atoms with Gasteiger partial charge in [0.05, 0.1) is 18.9 Å². The highest BCUT2D eigenvalue weighted by atomic mass is 16.5. The second-order valence-electron chi connectivity index (χ2n) is 8.67. The predicted octanol–water partition coefficient (Wildman–Crippen LogP) is 4.09. The van der Waals surface area contributed by atoms with E-state index >= 15 is 0 Å². The molecule has 1 N–H and O–H groups in total. The van der Waals surface area contributed by atoms with Crippen LogP contribution in [0.5, 0.6) is 0 Å². The minimum Gasteiger partial charge on any atom is -0.379 e. The van der Waals surface area contributed by atoms with E-state index in [1.54, 1.807) is 0 Å². The topological polar surface area (TPSA) is 46.5 Å². The van der Waals surface area contributed by atoms with E-state index in [4.69, 9.17) is 4.74 Å². The third-order valence-electron chi connectivity index (χ3n) is 6.58. The van der Waals surface area contributed by atoms with E-state index in [9.17, 15) is 4.79 Å². The second-order valence-corrected chi connectivity index (χ2v) is 8.67. The molecule has 5 heteroatoms. The fraction of sp³-hybridized carbons (Fsp3) is 0.370. The highest BCUT2D eigenvalue weighted by Crippen LogP contribution is 2.33. The Balaban J connectivity index is 1.33. The lowest BCUT2D eigenvalue weighted by Crippen LogP contribution is -2.41. The molecule has 5 nitrogen and oxygen atoms in total. The first-order chi connectivity index (χ1) is 15.8. The Morgan fingerprint density at radius 3 is 2.47 bits per heavy atom. The van der Waals surface area contributed by atoms with Crippen LogP contribution in [0, 0.1) is 0 Å². The van der Waals surface area contributed by atoms with E-state index in [-0.39, 0.29) is 5.91 Å². The largest absolute Gasteiger partial charge is 0.379 e. The molecule has 2 aliphatic rings. The molecular formula is C27H31N3O2. The molecule has 1 amide bonds. The number of carbonyl (C=O) groups excluding carboxylic acids is 1. The Morgan fingerprint density at radius 1 is 0.938 bits per heavy atom. The van der Waals surface area contributed by atoms with Gasteiger partial charge in [-0.1, -0.05) is 30.3 Å². The SMILES string of the molecule is O=C(NCCN1CCOCC1)c1ccc(-n2c(-c3ccccc3)cc3c2CCCC3)cc1. The zero-order valence-corrected chi connectivity index (χ0v) is 18.6. The van der Waals surface area contributed by atoms with Crippen molar-refractivity contribution < 1.29 is 9.53 Å². The average Bonchev–Trinajstić information content (AvgIpc) is 3.25. The number of carbonyl (C=O) groups is 1. The molecule has 0 saturated carbocycles. The summed E-state index contributed by atoms with van der Waals surface area (Å²) in [6.45, 7) is 4.96. The molecule has 0 radical (unpaired) electrons. The van der Waals surface area contributed by atoms with Gasteiger partial charge in [0.1, 0.15) is 0 Å². The molecule has 1 aromatic heterocycles. The molecule has 1 aliphatic carbocycles. The summed E-state index contributed by atoms with van der Waals surface area (Å²) in [6, 6.07) is 21.0. The van der Waals surface area contributed by atoms with E-state index in [0.717, 1.165) is 51.4 Å². The highest BCUT2D eigenvalue weighted by molar-refractivity contribution is 5.94. The van der Waals surface area contributed by atoms with E-state index in [0.29, 0.717) is 12.1 Å². The third kappa shape index (κ3) is 4.50. The van der Waals surface area contributed by atoms with Crippen molar-refractivity contribution in [3.8, 4) is 16.9 Å². The fourth-order valence-corrected chi connectivity index (χ4v) is 4.83. The number of aryl methyl sites for hydroxylation is 1. The van der Waals surface area contributed by atoms with Gasteiger partial charge in [-0.2, -0.15) is 0 Å².